The average Bonchev–Trinajstić information content (AvgIpc) is 2.30. The maximum absolute atomic E-state index is 11.7. The lowest BCUT2D eigenvalue weighted by atomic mass is 10.3. The van der Waals surface area contributed by atoms with Gasteiger partial charge in [-0.15, -0.1) is 0 Å². The molecule has 0 aliphatic carbocycles. The molecule has 1 rings (SSSR count). The molecule has 17 heavy (non-hydrogen) atoms. The molecule has 3 nitrogen and oxygen atoms in total. The van der Waals surface area contributed by atoms with Gasteiger partial charge in [-0.3, -0.25) is 4.31 Å². The summed E-state index contributed by atoms with van der Waals surface area (Å²) in [4.78, 5) is 11.7. The number of nitrogens with one attached hydrogen (secondary N) is 1. The van der Waals surface area contributed by atoms with Crippen LogP contribution in [0.15, 0.2) is 18.2 Å². The van der Waals surface area contributed by atoms with E-state index in [1.165, 1.54) is 15.3 Å². The molecule has 1 N–H and O–H groups in total. The summed E-state index contributed by atoms with van der Waals surface area (Å²) >= 11 is 11.6. The minimum absolute atomic E-state index is 0.200. The Bertz CT molecular complexity index is 404. The molecule has 0 atom stereocenters. The van der Waals surface area contributed by atoms with E-state index in [4.69, 9.17) is 23.2 Å². The molecule has 2 amide bonds. The Morgan fingerprint density at radius 2 is 2.12 bits per heavy atom. The van der Waals surface area contributed by atoms with Gasteiger partial charge in [0.25, 0.3) is 0 Å². The van der Waals surface area contributed by atoms with Crippen LogP contribution in [0.1, 0.15) is 6.92 Å². The zero-order valence-electron chi connectivity index (χ0n) is 9.37. The van der Waals surface area contributed by atoms with Crippen molar-refractivity contribution in [1.29, 1.82) is 0 Å². The second kappa shape index (κ2) is 7.26. The Labute approximate surface area is 119 Å². The van der Waals surface area contributed by atoms with Crippen LogP contribution in [0.4, 0.5) is 10.5 Å². The van der Waals surface area contributed by atoms with Crippen LogP contribution in [-0.4, -0.2) is 23.1 Å². The molecule has 0 aliphatic rings. The summed E-state index contributed by atoms with van der Waals surface area (Å²) in [6, 6.07) is 4.77. The lowest BCUT2D eigenvalue weighted by molar-refractivity contribution is 0.243. The summed E-state index contributed by atoms with van der Waals surface area (Å²) in [7, 11) is 4.69. The molecule has 1 aromatic rings. The first-order valence-corrected chi connectivity index (χ1v) is 7.87. The number of urea groups is 1. The van der Waals surface area contributed by atoms with Crippen LogP contribution in [-0.2, 0) is 0 Å². The average molecular weight is 311 g/mol. The molecule has 1 aromatic carbocycles. The molecule has 0 bridgehead atoms. The summed E-state index contributed by atoms with van der Waals surface area (Å²) in [5, 5.41) is 3.61. The summed E-state index contributed by atoms with van der Waals surface area (Å²) in [6.45, 7) is 2.03. The van der Waals surface area contributed by atoms with Crippen molar-refractivity contribution in [2.75, 3.05) is 18.1 Å². The second-order valence-corrected chi connectivity index (χ2v) is 6.52. The van der Waals surface area contributed by atoms with Gasteiger partial charge in [0.1, 0.15) is 0 Å². The number of anilines is 1. The van der Waals surface area contributed by atoms with Crippen LogP contribution in [0, 0.1) is 0 Å². The first kappa shape index (κ1) is 14.8. The van der Waals surface area contributed by atoms with Gasteiger partial charge in [0.05, 0.1) is 10.0 Å². The second-order valence-electron chi connectivity index (χ2n) is 3.04. The van der Waals surface area contributed by atoms with E-state index >= 15 is 0 Å². The Kier molecular flexibility index (Phi) is 6.33. The van der Waals surface area contributed by atoms with Crippen molar-refractivity contribution in [3.63, 3.8) is 0 Å². The first-order valence-electron chi connectivity index (χ1n) is 4.84. The fourth-order valence-electron chi connectivity index (χ4n) is 0.942. The summed E-state index contributed by atoms with van der Waals surface area (Å²) in [5.41, 5.74) is 0.623. The van der Waals surface area contributed by atoms with Crippen molar-refractivity contribution < 1.29 is 4.79 Å². The van der Waals surface area contributed by atoms with Crippen molar-refractivity contribution in [1.82, 2.24) is 4.31 Å². The van der Waals surface area contributed by atoms with Crippen molar-refractivity contribution in [2.45, 2.75) is 6.92 Å². The maximum atomic E-state index is 11.7. The highest BCUT2D eigenvalue weighted by Crippen LogP contribution is 2.27. The molecule has 0 spiro atoms. The Morgan fingerprint density at radius 1 is 1.41 bits per heavy atom. The lowest BCUT2D eigenvalue weighted by Gasteiger charge is -2.15. The number of hydrogen-bond donors (Lipinski definition) is 1. The molecular weight excluding hydrogens is 299 g/mol. The van der Waals surface area contributed by atoms with Crippen LogP contribution in [0.5, 0.6) is 0 Å². The zero-order valence-corrected chi connectivity index (χ0v) is 12.5. The topological polar surface area (TPSA) is 32.3 Å². The summed E-state index contributed by atoms with van der Waals surface area (Å²) in [5.74, 6) is 0.940. The van der Waals surface area contributed by atoms with Gasteiger partial charge in [0.2, 0.25) is 0 Å². The van der Waals surface area contributed by atoms with Gasteiger partial charge in [-0.05, 0) is 18.2 Å². The molecule has 0 heterocycles. The number of amides is 2. The molecule has 0 radical (unpaired) electrons. The van der Waals surface area contributed by atoms with E-state index in [9.17, 15) is 4.79 Å². The van der Waals surface area contributed by atoms with Crippen LogP contribution >= 0.6 is 45.0 Å². The summed E-state index contributed by atoms with van der Waals surface area (Å²) < 4.78 is 1.52. The molecule has 0 aliphatic heterocycles. The van der Waals surface area contributed by atoms with Gasteiger partial charge >= 0.3 is 6.03 Å². The van der Waals surface area contributed by atoms with Gasteiger partial charge in [0.15, 0.2) is 0 Å². The molecule has 0 aromatic heterocycles. The summed E-state index contributed by atoms with van der Waals surface area (Å²) in [6.07, 6.45) is 0. The van der Waals surface area contributed by atoms with Crippen LogP contribution < -0.4 is 5.32 Å². The Balaban J connectivity index is 2.58. The third-order valence-electron chi connectivity index (χ3n) is 1.74. The Morgan fingerprint density at radius 3 is 2.71 bits per heavy atom. The lowest BCUT2D eigenvalue weighted by Crippen LogP contribution is -2.24. The Hall–Kier alpha value is -0.230. The van der Waals surface area contributed by atoms with E-state index < -0.39 is 0 Å². The van der Waals surface area contributed by atoms with Crippen LogP contribution in [0.3, 0.4) is 0 Å². The predicted molar refractivity (Wildman–Crippen MR) is 79.0 cm³/mol. The number of halogens is 2. The normalized spacial score (nSPS) is 10.1. The van der Waals surface area contributed by atoms with E-state index in [0.29, 0.717) is 15.7 Å². The van der Waals surface area contributed by atoms with Crippen molar-refractivity contribution in [3.8, 4) is 0 Å². The molecule has 94 valence electrons. The van der Waals surface area contributed by atoms with E-state index in [-0.39, 0.29) is 6.03 Å². The predicted octanol–water partition coefficient (Wildman–Crippen LogP) is 4.77. The van der Waals surface area contributed by atoms with E-state index in [1.54, 1.807) is 36.0 Å². The molecule has 7 heteroatoms. The SMILES string of the molecule is CCSSN(C)C(=O)Nc1ccc(Cl)c(Cl)c1. The number of carbonyl (C=O) groups excluding carboxylic acids is 1. The minimum atomic E-state index is -0.200. The van der Waals surface area contributed by atoms with Crippen LogP contribution in [0.2, 0.25) is 10.0 Å². The maximum Gasteiger partial charge on any atom is 0.332 e. The standard InChI is InChI=1S/C10H12Cl2N2OS2/c1-3-16-17-14(2)10(15)13-7-4-5-8(11)9(12)6-7/h4-6H,3H2,1-2H3,(H,13,15). The number of benzene rings is 1. The van der Waals surface area contributed by atoms with E-state index in [2.05, 4.69) is 5.32 Å². The highest BCUT2D eigenvalue weighted by molar-refractivity contribution is 8.75. The van der Waals surface area contributed by atoms with E-state index in [0.717, 1.165) is 5.75 Å². The largest absolute Gasteiger partial charge is 0.332 e. The van der Waals surface area contributed by atoms with Gasteiger partial charge < -0.3 is 5.32 Å². The van der Waals surface area contributed by atoms with Gasteiger partial charge in [-0.1, -0.05) is 40.9 Å². The molecule has 0 saturated carbocycles. The molecule has 0 unspecified atom stereocenters. The smallest absolute Gasteiger partial charge is 0.307 e. The third-order valence-corrected chi connectivity index (χ3v) is 4.90. The van der Waals surface area contributed by atoms with Crippen LogP contribution in [0.25, 0.3) is 0 Å². The van der Waals surface area contributed by atoms with Crippen molar-refractivity contribution in [2.24, 2.45) is 0 Å². The van der Waals surface area contributed by atoms with Gasteiger partial charge in [-0.2, -0.15) is 0 Å². The highest BCUT2D eigenvalue weighted by Gasteiger charge is 2.10. The van der Waals surface area contributed by atoms with Crippen molar-refractivity contribution >= 4 is 56.7 Å². The number of rotatable bonds is 4. The third kappa shape index (κ3) is 4.87. The van der Waals surface area contributed by atoms with Gasteiger partial charge in [-0.25, -0.2) is 4.79 Å². The van der Waals surface area contributed by atoms with Crippen molar-refractivity contribution in [3.05, 3.63) is 28.2 Å². The molecule has 0 fully saturated rings. The number of carbonyl (C=O) groups is 1. The fourth-order valence-corrected chi connectivity index (χ4v) is 2.61. The first-order chi connectivity index (χ1) is 8.04. The monoisotopic (exact) mass is 310 g/mol. The molecule has 0 saturated heterocycles. The number of nitrogens with zero attached hydrogens (tertiary/aromatic N) is 1. The highest BCUT2D eigenvalue weighted by atomic mass is 35.5. The fraction of sp³-hybridized carbons (Fsp3) is 0.300. The molecular formula is C10H12Cl2N2OS2. The quantitative estimate of drug-likeness (QED) is 0.642. The zero-order chi connectivity index (χ0) is 12.8. The minimum Gasteiger partial charge on any atom is -0.307 e. The van der Waals surface area contributed by atoms with E-state index in [1.807, 2.05) is 6.92 Å². The number of hydrogen-bond acceptors (Lipinski definition) is 3. The van der Waals surface area contributed by atoms with Gasteiger partial charge in [0, 0.05) is 29.5 Å².